The number of nitrogens with one attached hydrogen (secondary N) is 1. The lowest BCUT2D eigenvalue weighted by Gasteiger charge is -2.16. The predicted octanol–water partition coefficient (Wildman–Crippen LogP) is 6.10. The van der Waals surface area contributed by atoms with Crippen LogP contribution in [0.1, 0.15) is 19.4 Å². The molecule has 0 aromatic heterocycles. The van der Waals surface area contributed by atoms with Crippen LogP contribution in [0.2, 0.25) is 0 Å². The zero-order valence-electron chi connectivity index (χ0n) is 13.7. The van der Waals surface area contributed by atoms with E-state index in [0.717, 1.165) is 36.4 Å². The van der Waals surface area contributed by atoms with Gasteiger partial charge in [0.1, 0.15) is 5.75 Å². The van der Waals surface area contributed by atoms with Gasteiger partial charge >= 0.3 is 12.3 Å². The van der Waals surface area contributed by atoms with E-state index in [2.05, 4.69) is 20.7 Å². The second-order valence-electron chi connectivity index (χ2n) is 4.61. The lowest BCUT2D eigenvalue weighted by atomic mass is 10.1. The largest absolute Gasteiger partial charge is 0.573 e. The molecule has 0 bridgehead atoms. The summed E-state index contributed by atoms with van der Waals surface area (Å²) >= 11 is 3.09. The number of amides is 1. The molecule has 2 rings (SSSR count). The molecule has 0 saturated carbocycles. The summed E-state index contributed by atoms with van der Waals surface area (Å²) in [4.78, 5) is 11.7. The number of carbonyl (C=O) groups excluding carboxylic acids is 1. The van der Waals surface area contributed by atoms with Crippen LogP contribution in [0.3, 0.4) is 0 Å². The van der Waals surface area contributed by atoms with Crippen molar-refractivity contribution in [1.82, 2.24) is 0 Å². The molecule has 26 heavy (non-hydrogen) atoms. The molecule has 1 N–H and O–H groups in total. The number of hydrogen-bond donors (Lipinski definition) is 1. The van der Waals surface area contributed by atoms with E-state index in [1.165, 1.54) is 12.1 Å². The molecule has 0 spiro atoms. The van der Waals surface area contributed by atoms with E-state index in [-0.39, 0.29) is 5.69 Å². The van der Waals surface area contributed by atoms with Gasteiger partial charge in [0.25, 0.3) is 5.91 Å². The maximum Gasteiger partial charge on any atom is 0.573 e. The van der Waals surface area contributed by atoms with E-state index in [0.29, 0.717) is 4.47 Å². The van der Waals surface area contributed by atoms with Crippen LogP contribution in [0.5, 0.6) is 5.75 Å². The Labute approximate surface area is 155 Å². The van der Waals surface area contributed by atoms with Crippen molar-refractivity contribution in [3.63, 3.8) is 0 Å². The first kappa shape index (κ1) is 21.9. The third kappa shape index (κ3) is 6.29. The van der Waals surface area contributed by atoms with Gasteiger partial charge < -0.3 is 10.1 Å². The average Bonchev–Trinajstić information content (AvgIpc) is 2.57. The Kier molecular flexibility index (Phi) is 7.55. The lowest BCUT2D eigenvalue weighted by molar-refractivity contribution is -0.274. The molecule has 3 nitrogen and oxygen atoms in total. The van der Waals surface area contributed by atoms with Gasteiger partial charge in [-0.25, -0.2) is 0 Å². The fourth-order valence-corrected chi connectivity index (χ4v) is 2.00. The van der Waals surface area contributed by atoms with Gasteiger partial charge in [-0.3, -0.25) is 4.79 Å². The van der Waals surface area contributed by atoms with Crippen molar-refractivity contribution >= 4 is 27.5 Å². The van der Waals surface area contributed by atoms with Gasteiger partial charge in [0.15, 0.2) is 0 Å². The Balaban J connectivity index is 0.00000163. The third-order valence-corrected chi connectivity index (χ3v) is 3.37. The number of benzene rings is 2. The van der Waals surface area contributed by atoms with Gasteiger partial charge in [-0.1, -0.05) is 41.9 Å². The first-order valence-corrected chi connectivity index (χ1v) is 8.18. The Morgan fingerprint density at radius 1 is 0.923 bits per heavy atom. The standard InChI is InChI=1S/C15H9BrF5NO2.C2H6/c16-10-3-1-9(2-4-10)14(17,18)13(23)22-11-5-7-12(8-6-11)24-15(19,20)21;1-2/h1-8H,(H,22,23);1-2H3. The first-order chi connectivity index (χ1) is 12.1. The van der Waals surface area contributed by atoms with Crippen LogP contribution in [-0.4, -0.2) is 12.3 Å². The van der Waals surface area contributed by atoms with Crippen LogP contribution in [0.25, 0.3) is 0 Å². The number of anilines is 1. The average molecular weight is 440 g/mol. The number of hydrogen-bond acceptors (Lipinski definition) is 2. The summed E-state index contributed by atoms with van der Waals surface area (Å²) in [6, 6.07) is 8.75. The van der Waals surface area contributed by atoms with Crippen LogP contribution >= 0.6 is 15.9 Å². The van der Waals surface area contributed by atoms with Crippen LogP contribution < -0.4 is 10.1 Å². The van der Waals surface area contributed by atoms with E-state index in [4.69, 9.17) is 0 Å². The lowest BCUT2D eigenvalue weighted by Crippen LogP contribution is -2.32. The van der Waals surface area contributed by atoms with Gasteiger partial charge in [0, 0.05) is 15.7 Å². The molecule has 0 fully saturated rings. The molecule has 142 valence electrons. The summed E-state index contributed by atoms with van der Waals surface area (Å²) in [5.41, 5.74) is -0.605. The highest BCUT2D eigenvalue weighted by Gasteiger charge is 2.40. The van der Waals surface area contributed by atoms with Crippen molar-refractivity contribution in [2.24, 2.45) is 0 Å². The van der Waals surface area contributed by atoms with Gasteiger partial charge in [-0.05, 0) is 36.4 Å². The SMILES string of the molecule is CC.O=C(Nc1ccc(OC(F)(F)F)cc1)C(F)(F)c1ccc(Br)cc1. The van der Waals surface area contributed by atoms with Gasteiger partial charge in [0.05, 0.1) is 0 Å². The van der Waals surface area contributed by atoms with E-state index in [1.807, 2.05) is 19.2 Å². The Bertz CT molecular complexity index is 715. The van der Waals surface area contributed by atoms with E-state index >= 15 is 0 Å². The molecular weight excluding hydrogens is 425 g/mol. The van der Waals surface area contributed by atoms with Crippen LogP contribution in [0.15, 0.2) is 53.0 Å². The molecule has 0 saturated heterocycles. The second-order valence-corrected chi connectivity index (χ2v) is 5.52. The number of halogens is 6. The minimum absolute atomic E-state index is 0.0914. The van der Waals surface area contributed by atoms with Crippen molar-refractivity contribution in [3.05, 3.63) is 58.6 Å². The molecule has 0 aliphatic heterocycles. The number of rotatable bonds is 4. The molecule has 0 aliphatic carbocycles. The molecule has 2 aromatic carbocycles. The maximum atomic E-state index is 14.1. The van der Waals surface area contributed by atoms with Gasteiger partial charge in [-0.15, -0.1) is 13.2 Å². The maximum absolute atomic E-state index is 14.1. The summed E-state index contributed by atoms with van der Waals surface area (Å²) in [5, 5.41) is 1.95. The van der Waals surface area contributed by atoms with Crippen LogP contribution in [-0.2, 0) is 10.7 Å². The zero-order chi connectivity index (χ0) is 20.0. The smallest absolute Gasteiger partial charge is 0.406 e. The normalized spacial score (nSPS) is 11.2. The molecule has 0 aliphatic rings. The Hall–Kier alpha value is -2.16. The summed E-state index contributed by atoms with van der Waals surface area (Å²) < 4.78 is 68.4. The molecule has 9 heteroatoms. The highest BCUT2D eigenvalue weighted by atomic mass is 79.9. The zero-order valence-corrected chi connectivity index (χ0v) is 15.3. The Morgan fingerprint density at radius 3 is 1.88 bits per heavy atom. The van der Waals surface area contributed by atoms with E-state index in [1.54, 1.807) is 0 Å². The number of ether oxygens (including phenoxy) is 1. The van der Waals surface area contributed by atoms with E-state index in [9.17, 15) is 26.7 Å². The predicted molar refractivity (Wildman–Crippen MR) is 91.1 cm³/mol. The fraction of sp³-hybridized carbons (Fsp3) is 0.235. The van der Waals surface area contributed by atoms with Crippen LogP contribution in [0, 0.1) is 0 Å². The third-order valence-electron chi connectivity index (χ3n) is 2.84. The van der Waals surface area contributed by atoms with Crippen molar-refractivity contribution in [3.8, 4) is 5.75 Å². The Morgan fingerprint density at radius 2 is 1.42 bits per heavy atom. The monoisotopic (exact) mass is 439 g/mol. The summed E-state index contributed by atoms with van der Waals surface area (Å²) in [5.74, 6) is -5.93. The van der Waals surface area contributed by atoms with E-state index < -0.39 is 29.5 Å². The first-order valence-electron chi connectivity index (χ1n) is 7.39. The topological polar surface area (TPSA) is 38.3 Å². The highest BCUT2D eigenvalue weighted by molar-refractivity contribution is 9.10. The van der Waals surface area contributed by atoms with Crippen LogP contribution in [0.4, 0.5) is 27.6 Å². The minimum Gasteiger partial charge on any atom is -0.406 e. The van der Waals surface area contributed by atoms with Crippen molar-refractivity contribution in [2.75, 3.05) is 5.32 Å². The molecular formula is C17H15BrF5NO2. The molecule has 0 radical (unpaired) electrons. The fourth-order valence-electron chi connectivity index (χ4n) is 1.74. The molecule has 0 atom stereocenters. The minimum atomic E-state index is -4.86. The van der Waals surface area contributed by atoms with Gasteiger partial charge in [0.2, 0.25) is 0 Å². The summed E-state index contributed by atoms with van der Waals surface area (Å²) in [6.07, 6.45) is -4.86. The second kappa shape index (κ2) is 8.98. The number of alkyl halides is 5. The van der Waals surface area contributed by atoms with Crippen molar-refractivity contribution in [2.45, 2.75) is 26.1 Å². The number of carbonyl (C=O) groups is 1. The molecule has 0 heterocycles. The molecule has 1 amide bonds. The van der Waals surface area contributed by atoms with Crippen molar-refractivity contribution < 1.29 is 31.5 Å². The van der Waals surface area contributed by atoms with Gasteiger partial charge in [-0.2, -0.15) is 8.78 Å². The summed E-state index contributed by atoms with van der Waals surface area (Å²) in [7, 11) is 0. The van der Waals surface area contributed by atoms with Crippen molar-refractivity contribution in [1.29, 1.82) is 0 Å². The molecule has 0 unspecified atom stereocenters. The molecule has 2 aromatic rings. The highest BCUT2D eigenvalue weighted by Crippen LogP contribution is 2.31. The quantitative estimate of drug-likeness (QED) is 0.584. The summed E-state index contributed by atoms with van der Waals surface area (Å²) in [6.45, 7) is 4.00.